The monoisotopic (exact) mass is 340 g/mol. The van der Waals surface area contributed by atoms with Crippen LogP contribution in [0.15, 0.2) is 57.9 Å². The molecule has 0 saturated carbocycles. The number of benzene rings is 1. The van der Waals surface area contributed by atoms with Crippen LogP contribution >= 0.6 is 0 Å². The van der Waals surface area contributed by atoms with Crippen LogP contribution < -0.4 is 10.6 Å². The number of nitrogens with zero attached hydrogens (tertiary/aromatic N) is 2. The van der Waals surface area contributed by atoms with E-state index in [4.69, 9.17) is 8.94 Å². The lowest BCUT2D eigenvalue weighted by molar-refractivity contribution is -0.115. The van der Waals surface area contributed by atoms with Crippen molar-refractivity contribution in [3.8, 4) is 0 Å². The highest BCUT2D eigenvalue weighted by molar-refractivity contribution is 5.94. The minimum Gasteiger partial charge on any atom is -0.472 e. The molecule has 2 aromatic heterocycles. The largest absolute Gasteiger partial charge is 0.472 e. The smallest absolute Gasteiger partial charge is 0.255 e. The summed E-state index contributed by atoms with van der Waals surface area (Å²) in [5, 5.41) is 9.22. The van der Waals surface area contributed by atoms with Crippen molar-refractivity contribution in [3.05, 3.63) is 66.2 Å². The number of rotatable bonds is 6. The topological polar surface area (TPSA) is 110 Å². The van der Waals surface area contributed by atoms with Gasteiger partial charge in [0.25, 0.3) is 5.91 Å². The van der Waals surface area contributed by atoms with Crippen molar-refractivity contribution in [2.24, 2.45) is 0 Å². The molecule has 0 fully saturated rings. The molecule has 2 heterocycles. The Bertz CT molecular complexity index is 843. The van der Waals surface area contributed by atoms with Crippen molar-refractivity contribution in [2.75, 3.05) is 5.32 Å². The number of amides is 2. The third-order valence-corrected chi connectivity index (χ3v) is 3.36. The number of nitrogens with one attached hydrogen (secondary N) is 2. The minimum absolute atomic E-state index is 0.0270. The van der Waals surface area contributed by atoms with Gasteiger partial charge in [0.2, 0.25) is 11.8 Å². The Morgan fingerprint density at radius 1 is 1.20 bits per heavy atom. The van der Waals surface area contributed by atoms with Crippen LogP contribution in [0.4, 0.5) is 5.69 Å². The fraction of sp³-hybridized carbons (Fsp3) is 0.176. The van der Waals surface area contributed by atoms with E-state index in [1.165, 1.54) is 12.5 Å². The van der Waals surface area contributed by atoms with Gasteiger partial charge in [-0.2, -0.15) is 4.98 Å². The molecule has 0 aliphatic rings. The summed E-state index contributed by atoms with van der Waals surface area (Å²) in [6, 6.07) is 10.1. The molecule has 128 valence electrons. The number of furan rings is 1. The lowest BCUT2D eigenvalue weighted by Gasteiger charge is -2.07. The molecule has 0 saturated heterocycles. The van der Waals surface area contributed by atoms with E-state index in [-0.39, 0.29) is 30.0 Å². The van der Waals surface area contributed by atoms with Crippen molar-refractivity contribution in [3.63, 3.8) is 0 Å². The van der Waals surface area contributed by atoms with E-state index in [2.05, 4.69) is 20.8 Å². The van der Waals surface area contributed by atoms with Crippen molar-refractivity contribution >= 4 is 17.5 Å². The van der Waals surface area contributed by atoms with Crippen LogP contribution in [-0.4, -0.2) is 22.0 Å². The molecule has 3 aromatic rings. The number of carbonyl (C=O) groups is 2. The van der Waals surface area contributed by atoms with Gasteiger partial charge in [-0.25, -0.2) is 0 Å². The third kappa shape index (κ3) is 4.31. The van der Waals surface area contributed by atoms with Gasteiger partial charge in [-0.3, -0.25) is 9.59 Å². The number of aromatic nitrogens is 2. The molecule has 25 heavy (non-hydrogen) atoms. The zero-order chi connectivity index (χ0) is 17.6. The summed E-state index contributed by atoms with van der Waals surface area (Å²) < 4.78 is 9.98. The van der Waals surface area contributed by atoms with E-state index >= 15 is 0 Å². The molecule has 3 rings (SSSR count). The maximum Gasteiger partial charge on any atom is 0.255 e. The number of para-hydroxylation sites is 1. The molecule has 2 amide bonds. The van der Waals surface area contributed by atoms with Crippen molar-refractivity contribution in [1.82, 2.24) is 15.5 Å². The van der Waals surface area contributed by atoms with E-state index in [1.807, 2.05) is 18.2 Å². The summed E-state index contributed by atoms with van der Waals surface area (Å²) >= 11 is 0. The molecule has 0 radical (unpaired) electrons. The normalized spacial score (nSPS) is 11.7. The third-order valence-electron chi connectivity index (χ3n) is 3.36. The Balaban J connectivity index is 1.56. The number of hydrogen-bond donors (Lipinski definition) is 2. The van der Waals surface area contributed by atoms with Crippen molar-refractivity contribution in [1.29, 1.82) is 0 Å². The van der Waals surface area contributed by atoms with Gasteiger partial charge in [0.05, 0.1) is 18.2 Å². The fourth-order valence-electron chi connectivity index (χ4n) is 2.12. The zero-order valence-corrected chi connectivity index (χ0v) is 13.4. The summed E-state index contributed by atoms with van der Waals surface area (Å²) in [5.74, 6) is -0.108. The average Bonchev–Trinajstić information content (AvgIpc) is 3.27. The van der Waals surface area contributed by atoms with Crippen LogP contribution in [0.25, 0.3) is 0 Å². The molecule has 2 N–H and O–H groups in total. The number of carbonyl (C=O) groups excluding carboxylic acids is 2. The van der Waals surface area contributed by atoms with Gasteiger partial charge in [-0.05, 0) is 25.1 Å². The number of anilines is 1. The van der Waals surface area contributed by atoms with E-state index in [9.17, 15) is 9.59 Å². The van der Waals surface area contributed by atoms with Crippen LogP contribution in [0.2, 0.25) is 0 Å². The quantitative estimate of drug-likeness (QED) is 0.712. The Morgan fingerprint density at radius 2 is 2.00 bits per heavy atom. The van der Waals surface area contributed by atoms with E-state index in [0.29, 0.717) is 11.3 Å². The Labute approximate surface area is 143 Å². The first-order valence-electron chi connectivity index (χ1n) is 7.62. The highest BCUT2D eigenvalue weighted by atomic mass is 16.5. The standard InChI is InChI=1S/C17H16N4O4/c1-11(18-16(23)12-7-8-24-10-12)17-20-14(21-25-17)9-15(22)19-13-5-3-2-4-6-13/h2-8,10-11H,9H2,1H3,(H,18,23)(H,19,22)/t11-/m1/s1. The first kappa shape index (κ1) is 16.4. The maximum absolute atomic E-state index is 12.0. The number of hydrogen-bond acceptors (Lipinski definition) is 6. The van der Waals surface area contributed by atoms with Crippen LogP contribution in [0.1, 0.15) is 35.0 Å². The summed E-state index contributed by atoms with van der Waals surface area (Å²) in [7, 11) is 0. The molecular formula is C17H16N4O4. The Morgan fingerprint density at radius 3 is 2.72 bits per heavy atom. The molecule has 0 aliphatic heterocycles. The van der Waals surface area contributed by atoms with Gasteiger partial charge >= 0.3 is 0 Å². The Hall–Kier alpha value is -3.42. The molecule has 0 aliphatic carbocycles. The van der Waals surface area contributed by atoms with Gasteiger partial charge < -0.3 is 19.6 Å². The van der Waals surface area contributed by atoms with Gasteiger partial charge in [-0.15, -0.1) is 0 Å². The van der Waals surface area contributed by atoms with Crippen molar-refractivity contribution < 1.29 is 18.5 Å². The molecule has 8 heteroatoms. The molecule has 8 nitrogen and oxygen atoms in total. The summed E-state index contributed by atoms with van der Waals surface area (Å²) in [4.78, 5) is 28.1. The predicted octanol–water partition coefficient (Wildman–Crippen LogP) is 2.33. The molecule has 1 aromatic carbocycles. The van der Waals surface area contributed by atoms with Gasteiger partial charge in [0.1, 0.15) is 12.3 Å². The lowest BCUT2D eigenvalue weighted by Crippen LogP contribution is -2.26. The second-order valence-corrected chi connectivity index (χ2v) is 5.35. The molecular weight excluding hydrogens is 324 g/mol. The van der Waals surface area contributed by atoms with Crippen molar-refractivity contribution in [2.45, 2.75) is 19.4 Å². The highest BCUT2D eigenvalue weighted by Gasteiger charge is 2.19. The molecule has 0 spiro atoms. The van der Waals surface area contributed by atoms with Gasteiger partial charge in [0, 0.05) is 5.69 Å². The fourth-order valence-corrected chi connectivity index (χ4v) is 2.12. The summed E-state index contributed by atoms with van der Waals surface area (Å²) in [6.45, 7) is 1.71. The second kappa shape index (κ2) is 7.43. The summed E-state index contributed by atoms with van der Waals surface area (Å²) in [5.41, 5.74) is 1.09. The molecule has 0 unspecified atom stereocenters. The Kier molecular flexibility index (Phi) is 4.89. The first-order chi connectivity index (χ1) is 12.1. The minimum atomic E-state index is -0.499. The van der Waals surface area contributed by atoms with Crippen LogP contribution in [0.5, 0.6) is 0 Å². The van der Waals surface area contributed by atoms with E-state index in [1.54, 1.807) is 25.1 Å². The van der Waals surface area contributed by atoms with E-state index in [0.717, 1.165) is 0 Å². The van der Waals surface area contributed by atoms with Crippen LogP contribution in [-0.2, 0) is 11.2 Å². The highest BCUT2D eigenvalue weighted by Crippen LogP contribution is 2.12. The SMILES string of the molecule is C[C@@H](NC(=O)c1ccoc1)c1nc(CC(=O)Nc2ccccc2)no1. The van der Waals surface area contributed by atoms with E-state index < -0.39 is 6.04 Å². The first-order valence-corrected chi connectivity index (χ1v) is 7.62. The second-order valence-electron chi connectivity index (χ2n) is 5.35. The molecule has 1 atom stereocenters. The maximum atomic E-state index is 12.0. The predicted molar refractivity (Wildman–Crippen MR) is 87.7 cm³/mol. The van der Waals surface area contributed by atoms with Gasteiger partial charge in [-0.1, -0.05) is 23.4 Å². The average molecular weight is 340 g/mol. The van der Waals surface area contributed by atoms with Gasteiger partial charge in [0.15, 0.2) is 5.82 Å². The molecule has 0 bridgehead atoms. The van der Waals surface area contributed by atoms with Crippen LogP contribution in [0.3, 0.4) is 0 Å². The zero-order valence-electron chi connectivity index (χ0n) is 13.4. The lowest BCUT2D eigenvalue weighted by atomic mass is 10.2. The summed E-state index contributed by atoms with van der Waals surface area (Å²) in [6.07, 6.45) is 2.73. The van der Waals surface area contributed by atoms with Crippen LogP contribution in [0, 0.1) is 0 Å².